The van der Waals surface area contributed by atoms with Crippen LogP contribution in [-0.2, 0) is 23.0 Å². The predicted molar refractivity (Wildman–Crippen MR) is 78.5 cm³/mol. The molecule has 8 heteroatoms. The van der Waals surface area contributed by atoms with Crippen molar-refractivity contribution in [3.8, 4) is 0 Å². The van der Waals surface area contributed by atoms with Crippen molar-refractivity contribution in [2.24, 2.45) is 0 Å². The Morgan fingerprint density at radius 2 is 1.86 bits per heavy atom. The maximum absolute atomic E-state index is 13.0. The van der Waals surface area contributed by atoms with Crippen molar-refractivity contribution in [3.63, 3.8) is 0 Å². The maximum Gasteiger partial charge on any atom is 0.243 e. The minimum atomic E-state index is -3.49. The molecule has 1 fully saturated rings. The number of tetrazole rings is 1. The molecule has 0 aliphatic carbocycles. The van der Waals surface area contributed by atoms with Gasteiger partial charge >= 0.3 is 0 Å². The van der Waals surface area contributed by atoms with E-state index in [2.05, 4.69) is 15.5 Å². The van der Waals surface area contributed by atoms with Gasteiger partial charge in [-0.3, -0.25) is 0 Å². The molecule has 1 saturated heterocycles. The van der Waals surface area contributed by atoms with Gasteiger partial charge in [-0.2, -0.15) is 4.31 Å². The Morgan fingerprint density at radius 3 is 2.64 bits per heavy atom. The Labute approximate surface area is 129 Å². The molecule has 2 aromatic rings. The minimum Gasteiger partial charge on any atom is -0.228 e. The zero-order valence-electron chi connectivity index (χ0n) is 12.3. The van der Waals surface area contributed by atoms with Crippen LogP contribution in [0.25, 0.3) is 0 Å². The summed E-state index contributed by atoms with van der Waals surface area (Å²) in [5.41, 5.74) is 1.05. The molecule has 2 atom stereocenters. The summed E-state index contributed by atoms with van der Waals surface area (Å²) >= 11 is 0. The molecule has 116 valence electrons. The third-order valence-corrected chi connectivity index (χ3v) is 6.58. The van der Waals surface area contributed by atoms with E-state index in [9.17, 15) is 8.42 Å². The lowest BCUT2D eigenvalue weighted by Gasteiger charge is -2.26. The summed E-state index contributed by atoms with van der Waals surface area (Å²) in [4.78, 5) is 0.362. The maximum atomic E-state index is 13.0. The van der Waals surface area contributed by atoms with Crippen LogP contribution in [-0.4, -0.2) is 45.0 Å². The summed E-state index contributed by atoms with van der Waals surface area (Å²) in [7, 11) is -3.49. The highest BCUT2D eigenvalue weighted by molar-refractivity contribution is 7.89. The molecule has 22 heavy (non-hydrogen) atoms. The Balaban J connectivity index is 1.73. The fraction of sp³-hybridized carbons (Fsp3) is 0.500. The van der Waals surface area contributed by atoms with Crippen molar-refractivity contribution in [1.29, 1.82) is 0 Å². The van der Waals surface area contributed by atoms with Crippen molar-refractivity contribution in [1.82, 2.24) is 24.5 Å². The number of aromatic nitrogens is 4. The second kappa shape index (κ2) is 4.85. The van der Waals surface area contributed by atoms with E-state index >= 15 is 0 Å². The number of rotatable bonds is 2. The summed E-state index contributed by atoms with van der Waals surface area (Å²) in [6.45, 7) is 2.48. The fourth-order valence-corrected chi connectivity index (χ4v) is 5.31. The Hall–Kier alpha value is -1.80. The zero-order valence-corrected chi connectivity index (χ0v) is 13.1. The highest BCUT2D eigenvalue weighted by atomic mass is 32.2. The van der Waals surface area contributed by atoms with Crippen LogP contribution in [0.15, 0.2) is 29.2 Å². The Bertz CT molecular complexity index is 770. The molecule has 3 heterocycles. The molecule has 2 aliphatic heterocycles. The van der Waals surface area contributed by atoms with Crippen molar-refractivity contribution in [2.75, 3.05) is 0 Å². The first-order valence-electron chi connectivity index (χ1n) is 7.41. The smallest absolute Gasteiger partial charge is 0.228 e. The van der Waals surface area contributed by atoms with Gasteiger partial charge in [0.25, 0.3) is 0 Å². The zero-order chi connectivity index (χ0) is 15.3. The quantitative estimate of drug-likeness (QED) is 0.816. The first-order valence-corrected chi connectivity index (χ1v) is 8.85. The topological polar surface area (TPSA) is 81.0 Å². The molecule has 0 radical (unpaired) electrons. The van der Waals surface area contributed by atoms with Crippen molar-refractivity contribution in [3.05, 3.63) is 35.7 Å². The van der Waals surface area contributed by atoms with E-state index in [4.69, 9.17) is 0 Å². The lowest BCUT2D eigenvalue weighted by atomic mass is 10.1. The van der Waals surface area contributed by atoms with Gasteiger partial charge in [0.05, 0.1) is 11.4 Å². The van der Waals surface area contributed by atoms with Crippen LogP contribution in [0.2, 0.25) is 0 Å². The van der Waals surface area contributed by atoms with Crippen LogP contribution >= 0.6 is 0 Å². The van der Waals surface area contributed by atoms with Gasteiger partial charge < -0.3 is 0 Å². The van der Waals surface area contributed by atoms with E-state index in [0.29, 0.717) is 17.9 Å². The van der Waals surface area contributed by atoms with Gasteiger partial charge in [0, 0.05) is 18.5 Å². The molecule has 2 aliphatic rings. The SMILES string of the molecule is Cc1ccc(S(=O)(=O)N2C3CCC2Cn2nnnc2C3)cc1. The van der Waals surface area contributed by atoms with Crippen LogP contribution in [0.1, 0.15) is 24.2 Å². The molecule has 4 rings (SSSR count). The van der Waals surface area contributed by atoms with Crippen LogP contribution < -0.4 is 0 Å². The normalized spacial score (nSPS) is 25.0. The molecule has 2 bridgehead atoms. The molecular weight excluding hydrogens is 302 g/mol. The number of hydrogen-bond acceptors (Lipinski definition) is 5. The standard InChI is InChI=1S/C14H17N5O2S/c1-10-2-6-13(7-3-10)22(20,21)19-11-4-5-12(19)9-18-14(8-11)15-16-17-18/h2-3,6-7,11-12H,4-5,8-9H2,1H3. The second-order valence-corrected chi connectivity index (χ2v) is 7.86. The largest absolute Gasteiger partial charge is 0.243 e. The van der Waals surface area contributed by atoms with Crippen molar-refractivity contribution >= 4 is 10.0 Å². The van der Waals surface area contributed by atoms with E-state index in [-0.39, 0.29) is 12.1 Å². The lowest BCUT2D eigenvalue weighted by Crippen LogP contribution is -2.42. The molecule has 7 nitrogen and oxygen atoms in total. The van der Waals surface area contributed by atoms with Gasteiger partial charge in [0.1, 0.15) is 0 Å². The Morgan fingerprint density at radius 1 is 1.14 bits per heavy atom. The van der Waals surface area contributed by atoms with Crippen LogP contribution in [0.3, 0.4) is 0 Å². The molecule has 0 saturated carbocycles. The van der Waals surface area contributed by atoms with E-state index in [1.807, 2.05) is 19.1 Å². The van der Waals surface area contributed by atoms with Gasteiger partial charge in [0.2, 0.25) is 10.0 Å². The van der Waals surface area contributed by atoms with Crippen LogP contribution in [0.4, 0.5) is 0 Å². The van der Waals surface area contributed by atoms with Gasteiger partial charge in [-0.15, -0.1) is 5.10 Å². The molecule has 0 amide bonds. The number of hydrogen-bond donors (Lipinski definition) is 0. The monoisotopic (exact) mass is 319 g/mol. The fourth-order valence-electron chi connectivity index (χ4n) is 3.45. The third kappa shape index (κ3) is 2.05. The van der Waals surface area contributed by atoms with Crippen LogP contribution in [0, 0.1) is 6.92 Å². The number of nitrogens with zero attached hydrogens (tertiary/aromatic N) is 5. The van der Waals surface area contributed by atoms with Crippen molar-refractivity contribution in [2.45, 2.75) is 49.7 Å². The van der Waals surface area contributed by atoms with Crippen LogP contribution in [0.5, 0.6) is 0 Å². The molecular formula is C14H17N5O2S. The molecule has 2 unspecified atom stereocenters. The predicted octanol–water partition coefficient (Wildman–Crippen LogP) is 0.760. The highest BCUT2D eigenvalue weighted by Gasteiger charge is 2.45. The lowest BCUT2D eigenvalue weighted by molar-refractivity contribution is 0.309. The van der Waals surface area contributed by atoms with Gasteiger partial charge in [-0.25, -0.2) is 13.1 Å². The first kappa shape index (κ1) is 13.8. The number of fused-ring (bicyclic) bond motifs is 3. The molecule has 0 spiro atoms. The molecule has 0 N–H and O–H groups in total. The summed E-state index contributed by atoms with van der Waals surface area (Å²) in [5, 5.41) is 11.7. The van der Waals surface area contributed by atoms with E-state index < -0.39 is 10.0 Å². The van der Waals surface area contributed by atoms with E-state index in [0.717, 1.165) is 24.2 Å². The van der Waals surface area contributed by atoms with Gasteiger partial charge in [-0.05, 0) is 42.3 Å². The summed E-state index contributed by atoms with van der Waals surface area (Å²) < 4.78 is 29.5. The summed E-state index contributed by atoms with van der Waals surface area (Å²) in [6, 6.07) is 6.93. The average molecular weight is 319 g/mol. The van der Waals surface area contributed by atoms with E-state index in [1.54, 1.807) is 21.1 Å². The van der Waals surface area contributed by atoms with Gasteiger partial charge in [-0.1, -0.05) is 17.7 Å². The Kier molecular flexibility index (Phi) is 3.05. The number of aryl methyl sites for hydroxylation is 1. The van der Waals surface area contributed by atoms with E-state index in [1.165, 1.54) is 0 Å². The second-order valence-electron chi connectivity index (χ2n) is 6.01. The highest BCUT2D eigenvalue weighted by Crippen LogP contribution is 2.35. The summed E-state index contributed by atoms with van der Waals surface area (Å²) in [5.74, 6) is 0.774. The number of sulfonamides is 1. The molecule has 1 aromatic heterocycles. The molecule has 1 aromatic carbocycles. The first-order chi connectivity index (χ1) is 10.6. The number of benzene rings is 1. The minimum absolute atomic E-state index is 0.0523. The van der Waals surface area contributed by atoms with Crippen molar-refractivity contribution < 1.29 is 8.42 Å². The summed E-state index contributed by atoms with van der Waals surface area (Å²) in [6.07, 6.45) is 2.30. The third-order valence-electron chi connectivity index (χ3n) is 4.56. The average Bonchev–Trinajstić information content (AvgIpc) is 3.03. The van der Waals surface area contributed by atoms with Gasteiger partial charge in [0.15, 0.2) is 5.82 Å².